The predicted molar refractivity (Wildman–Crippen MR) is 234 cm³/mol. The number of nitrogens with two attached hydrogens (primary N) is 1. The van der Waals surface area contributed by atoms with Crippen LogP contribution in [-0.4, -0.2) is 84.3 Å². The number of benzene rings is 4. The van der Waals surface area contributed by atoms with Crippen LogP contribution >= 0.6 is 24.0 Å². The third-order valence-corrected chi connectivity index (χ3v) is 8.24. The molecule has 0 saturated heterocycles. The minimum Gasteiger partial charge on any atom is -0.468 e. The summed E-state index contributed by atoms with van der Waals surface area (Å²) < 4.78 is 55.5. The first-order chi connectivity index (χ1) is 30.1. The van der Waals surface area contributed by atoms with Crippen molar-refractivity contribution in [2.45, 2.75) is 25.9 Å². The van der Waals surface area contributed by atoms with Crippen LogP contribution in [0, 0.1) is 11.6 Å². The molecule has 2 aromatic heterocycles. The van der Waals surface area contributed by atoms with E-state index in [-0.39, 0.29) is 52.6 Å². The highest BCUT2D eigenvalue weighted by Crippen LogP contribution is 2.28. The summed E-state index contributed by atoms with van der Waals surface area (Å²) >= 11 is 5.94. The van der Waals surface area contributed by atoms with Gasteiger partial charge in [-0.05, 0) is 111 Å². The number of carbonyl (C=O) groups is 4. The van der Waals surface area contributed by atoms with Gasteiger partial charge in [-0.15, -0.1) is 12.4 Å². The third-order valence-electron chi connectivity index (χ3n) is 8.05. The average Bonchev–Trinajstić information content (AvgIpc) is 3.29. The van der Waals surface area contributed by atoms with E-state index in [1.165, 1.54) is 77.0 Å². The Balaban J connectivity index is 0.000000297. The second-order valence-electron chi connectivity index (χ2n) is 12.7. The van der Waals surface area contributed by atoms with Gasteiger partial charge in [-0.3, -0.25) is 4.79 Å². The molecule has 20 heteroatoms. The Bertz CT molecular complexity index is 2490. The molecule has 0 spiro atoms. The molecule has 16 nitrogen and oxygen atoms in total. The summed E-state index contributed by atoms with van der Waals surface area (Å²) in [7, 11) is 5.06. The lowest BCUT2D eigenvalue weighted by Crippen LogP contribution is -2.28. The van der Waals surface area contributed by atoms with Gasteiger partial charge >= 0.3 is 23.9 Å². The van der Waals surface area contributed by atoms with Crippen molar-refractivity contribution in [3.63, 3.8) is 0 Å². The Morgan fingerprint density at radius 3 is 1.30 bits per heavy atom. The first-order valence-corrected chi connectivity index (χ1v) is 18.9. The minimum absolute atomic E-state index is 0. The molecular weight excluding hydrogens is 881 g/mol. The number of ether oxygens (including phenoxy) is 6. The van der Waals surface area contributed by atoms with Gasteiger partial charge in [0, 0.05) is 23.3 Å². The monoisotopic (exact) mass is 922 g/mol. The fourth-order valence-electron chi connectivity index (χ4n) is 4.91. The predicted octanol–water partition coefficient (Wildman–Crippen LogP) is 8.28. The molecule has 0 aliphatic rings. The molecule has 0 radical (unpaired) electrons. The highest BCUT2D eigenvalue weighted by atomic mass is 35.5. The maximum Gasteiger partial charge on any atom is 0.376 e. The minimum atomic E-state index is -0.716. The Kier molecular flexibility index (Phi) is 19.9. The topological polar surface area (TPSA) is 213 Å². The number of anilines is 1. The number of carbonyl (C=O) groups excluding carboxylic acids is 4. The highest BCUT2D eigenvalue weighted by Gasteiger charge is 2.19. The maximum atomic E-state index is 13.0. The summed E-state index contributed by atoms with van der Waals surface area (Å²) in [5.74, 6) is -0.811. The first-order valence-electron chi connectivity index (χ1n) is 18.5. The number of hydrogen-bond acceptors (Lipinski definition) is 16. The van der Waals surface area contributed by atoms with E-state index < -0.39 is 30.0 Å². The summed E-state index contributed by atoms with van der Waals surface area (Å²) in [6, 6.07) is 27.2. The van der Waals surface area contributed by atoms with Crippen molar-refractivity contribution < 1.29 is 56.4 Å². The highest BCUT2D eigenvalue weighted by molar-refractivity contribution is 6.29. The second-order valence-corrected chi connectivity index (χ2v) is 13.1. The number of rotatable bonds is 12. The van der Waals surface area contributed by atoms with Gasteiger partial charge in [-0.1, -0.05) is 11.6 Å². The number of nitrogens with zero attached hydrogens (tertiary/aromatic N) is 4. The zero-order valence-corrected chi connectivity index (χ0v) is 36.6. The molecule has 2 heterocycles. The number of aromatic nitrogens is 4. The Labute approximate surface area is 377 Å². The van der Waals surface area contributed by atoms with E-state index in [0.29, 0.717) is 39.9 Å². The number of methoxy groups -OCH3 is 4. The molecule has 0 aliphatic heterocycles. The van der Waals surface area contributed by atoms with Crippen molar-refractivity contribution in [3.8, 4) is 45.5 Å². The molecule has 0 saturated carbocycles. The standard InChI is InChI=1S/C22H20FN3O5.C18H12ClFN2O3.C4H9NO2.ClH/c1-13(21(27)29-2)24-19-12-18(25-20(26-19)22(28)30-3)14-4-8-16(9-5-14)31-17-10-6-15(23)7-11-17;1-24-18(23)17-21-15(10-16(19)22-17)11-2-6-13(7-3-11)25-14-8-4-12(20)5-9-14;1-3(5)4(6)7-2;/h4-13H,1-3H3,(H,24,25,26);2-10H,1H3;3H,5H2,1-2H3;1H/t13-;;3-;/m0.0./s1. The summed E-state index contributed by atoms with van der Waals surface area (Å²) in [5, 5.41) is 3.02. The van der Waals surface area contributed by atoms with Crippen molar-refractivity contribution in [2.75, 3.05) is 33.8 Å². The molecule has 0 fully saturated rings. The van der Waals surface area contributed by atoms with Gasteiger partial charge in [0.2, 0.25) is 11.6 Å². The lowest BCUT2D eigenvalue weighted by atomic mass is 10.1. The van der Waals surface area contributed by atoms with E-state index in [2.05, 4.69) is 34.7 Å². The lowest BCUT2D eigenvalue weighted by Gasteiger charge is -2.14. The normalized spacial score (nSPS) is 11.0. The van der Waals surface area contributed by atoms with E-state index >= 15 is 0 Å². The van der Waals surface area contributed by atoms with Crippen molar-refractivity contribution in [1.29, 1.82) is 0 Å². The van der Waals surface area contributed by atoms with E-state index in [1.807, 2.05) is 0 Å². The molecule has 6 rings (SSSR count). The SMILES string of the molecule is COC(=O)[C@H](C)N.COC(=O)c1nc(Cl)cc(-c2ccc(Oc3ccc(F)cc3)cc2)n1.COC(=O)c1nc(N[C@@H](C)C(=O)OC)cc(-c2ccc(Oc3ccc(F)cc3)cc2)n1.Cl. The molecule has 336 valence electrons. The van der Waals surface area contributed by atoms with Crippen LogP contribution in [0.15, 0.2) is 109 Å². The quantitative estimate of drug-likeness (QED) is 0.0671. The Morgan fingerprint density at radius 1 is 0.562 bits per heavy atom. The third kappa shape index (κ3) is 15.6. The van der Waals surface area contributed by atoms with Gasteiger partial charge in [0.05, 0.1) is 39.8 Å². The van der Waals surface area contributed by atoms with Crippen molar-refractivity contribution in [1.82, 2.24) is 19.9 Å². The molecule has 3 N–H and O–H groups in total. The molecule has 2 atom stereocenters. The van der Waals surface area contributed by atoms with E-state index in [1.54, 1.807) is 74.5 Å². The molecule has 0 amide bonds. The molecule has 0 aliphatic carbocycles. The molecule has 4 aromatic carbocycles. The fraction of sp³-hybridized carbons (Fsp3) is 0.182. The van der Waals surface area contributed by atoms with Crippen LogP contribution in [0.3, 0.4) is 0 Å². The molecule has 6 aromatic rings. The molecule has 64 heavy (non-hydrogen) atoms. The summed E-state index contributed by atoms with van der Waals surface area (Å²) in [4.78, 5) is 61.8. The Hall–Kier alpha value is -7.28. The Morgan fingerprint density at radius 2 is 0.938 bits per heavy atom. The van der Waals surface area contributed by atoms with Crippen LogP contribution in [0.1, 0.15) is 35.1 Å². The lowest BCUT2D eigenvalue weighted by molar-refractivity contribution is -0.142. The van der Waals surface area contributed by atoms with Crippen LogP contribution in [0.25, 0.3) is 22.5 Å². The van der Waals surface area contributed by atoms with Crippen LogP contribution < -0.4 is 20.5 Å². The van der Waals surface area contributed by atoms with Crippen LogP contribution in [0.5, 0.6) is 23.0 Å². The van der Waals surface area contributed by atoms with Gasteiger partial charge in [-0.2, -0.15) is 0 Å². The van der Waals surface area contributed by atoms with Crippen molar-refractivity contribution >= 4 is 53.7 Å². The smallest absolute Gasteiger partial charge is 0.376 e. The maximum absolute atomic E-state index is 13.0. The number of halogens is 4. The number of esters is 4. The molecule has 0 unspecified atom stereocenters. The van der Waals surface area contributed by atoms with Crippen LogP contribution in [0.4, 0.5) is 14.6 Å². The van der Waals surface area contributed by atoms with Gasteiger partial charge in [0.15, 0.2) is 0 Å². The number of nitrogens with one attached hydrogen (secondary N) is 1. The molecule has 0 bridgehead atoms. The average molecular weight is 924 g/mol. The van der Waals surface area contributed by atoms with E-state index in [9.17, 15) is 28.0 Å². The van der Waals surface area contributed by atoms with Crippen molar-refractivity contribution in [2.24, 2.45) is 5.73 Å². The van der Waals surface area contributed by atoms with Gasteiger partial charge in [0.1, 0.15) is 57.7 Å². The zero-order chi connectivity index (χ0) is 46.1. The zero-order valence-electron chi connectivity index (χ0n) is 35.0. The molecular formula is C44H42Cl2F2N6O10. The van der Waals surface area contributed by atoms with Gasteiger partial charge in [-0.25, -0.2) is 43.1 Å². The summed E-state index contributed by atoms with van der Waals surface area (Å²) in [6.07, 6.45) is 0. The fourth-order valence-corrected chi connectivity index (χ4v) is 5.09. The van der Waals surface area contributed by atoms with E-state index in [4.69, 9.17) is 36.3 Å². The first kappa shape index (κ1) is 51.1. The van der Waals surface area contributed by atoms with Crippen LogP contribution in [0.2, 0.25) is 5.15 Å². The number of hydrogen-bond donors (Lipinski definition) is 2. The van der Waals surface area contributed by atoms with Gasteiger partial charge in [0.25, 0.3) is 0 Å². The summed E-state index contributed by atoms with van der Waals surface area (Å²) in [5.41, 5.74) is 7.38. The van der Waals surface area contributed by atoms with E-state index in [0.717, 1.165) is 5.56 Å². The second kappa shape index (κ2) is 25.0. The largest absolute Gasteiger partial charge is 0.468 e. The van der Waals surface area contributed by atoms with Crippen molar-refractivity contribution in [3.05, 3.63) is 138 Å². The van der Waals surface area contributed by atoms with Crippen LogP contribution in [-0.2, 0) is 28.5 Å². The summed E-state index contributed by atoms with van der Waals surface area (Å²) in [6.45, 7) is 3.18. The van der Waals surface area contributed by atoms with Gasteiger partial charge < -0.3 is 39.5 Å².